The molecule has 0 atom stereocenters. The standard InChI is InChI=1S/C22H22ClN3O5S/c1-14-3-4-16-12-17(22(23)26-20(16)11-14)13-31-21(28)9-10-24-32(29,30)19-7-5-18(6-8-19)25-15(2)27/h3-8,11-12,24H,9-10,13H2,1-2H3,(H,25,27). The number of nitrogens with one attached hydrogen (secondary N) is 2. The fourth-order valence-corrected chi connectivity index (χ4v) is 4.15. The third-order valence-corrected chi connectivity index (χ3v) is 6.30. The molecule has 0 fully saturated rings. The van der Waals surface area contributed by atoms with Crippen molar-refractivity contribution in [1.82, 2.24) is 9.71 Å². The maximum absolute atomic E-state index is 12.3. The minimum atomic E-state index is -3.80. The second-order valence-electron chi connectivity index (χ2n) is 7.15. The summed E-state index contributed by atoms with van der Waals surface area (Å²) in [5.41, 5.74) is 2.86. The predicted octanol–water partition coefficient (Wildman–Crippen LogP) is 3.57. The van der Waals surface area contributed by atoms with Crippen LogP contribution < -0.4 is 10.0 Å². The van der Waals surface area contributed by atoms with Crippen molar-refractivity contribution in [2.75, 3.05) is 11.9 Å². The van der Waals surface area contributed by atoms with Gasteiger partial charge in [-0.15, -0.1) is 0 Å². The zero-order valence-electron chi connectivity index (χ0n) is 17.5. The van der Waals surface area contributed by atoms with Crippen LogP contribution in [-0.2, 0) is 31.0 Å². The molecule has 0 unspecified atom stereocenters. The van der Waals surface area contributed by atoms with E-state index in [1.54, 1.807) is 0 Å². The van der Waals surface area contributed by atoms with Crippen molar-refractivity contribution < 1.29 is 22.7 Å². The number of nitrogens with zero attached hydrogens (tertiary/aromatic N) is 1. The highest BCUT2D eigenvalue weighted by Gasteiger charge is 2.15. The molecule has 8 nitrogen and oxygen atoms in total. The zero-order valence-corrected chi connectivity index (χ0v) is 19.1. The Hall–Kier alpha value is -3.01. The Morgan fingerprint density at radius 1 is 1.09 bits per heavy atom. The molecular weight excluding hydrogens is 454 g/mol. The maximum atomic E-state index is 12.3. The largest absolute Gasteiger partial charge is 0.461 e. The molecule has 168 valence electrons. The Bertz CT molecular complexity index is 1260. The second kappa shape index (κ2) is 10.1. The SMILES string of the molecule is CC(=O)Nc1ccc(S(=O)(=O)NCCC(=O)OCc2cc3ccc(C)cc3nc2Cl)cc1. The molecule has 1 amide bonds. The monoisotopic (exact) mass is 475 g/mol. The molecular formula is C22H22ClN3O5S. The van der Waals surface area contributed by atoms with Crippen LogP contribution in [0.1, 0.15) is 24.5 Å². The molecule has 1 heterocycles. The summed E-state index contributed by atoms with van der Waals surface area (Å²) in [5, 5.41) is 3.68. The van der Waals surface area contributed by atoms with Crippen LogP contribution in [-0.4, -0.2) is 31.8 Å². The van der Waals surface area contributed by atoms with E-state index in [9.17, 15) is 18.0 Å². The predicted molar refractivity (Wildman–Crippen MR) is 122 cm³/mol. The number of aryl methyl sites for hydroxylation is 1. The lowest BCUT2D eigenvalue weighted by atomic mass is 10.1. The van der Waals surface area contributed by atoms with Crippen LogP contribution in [0.3, 0.4) is 0 Å². The van der Waals surface area contributed by atoms with E-state index < -0.39 is 16.0 Å². The number of anilines is 1. The molecule has 0 bridgehead atoms. The number of carbonyl (C=O) groups is 2. The first-order valence-corrected chi connectivity index (χ1v) is 11.6. The first kappa shape index (κ1) is 23.6. The van der Waals surface area contributed by atoms with Gasteiger partial charge in [0.2, 0.25) is 15.9 Å². The van der Waals surface area contributed by atoms with Gasteiger partial charge in [0.25, 0.3) is 0 Å². The van der Waals surface area contributed by atoms with Gasteiger partial charge in [-0.3, -0.25) is 9.59 Å². The Morgan fingerprint density at radius 2 is 1.81 bits per heavy atom. The number of halogens is 1. The first-order valence-electron chi connectivity index (χ1n) is 9.73. The van der Waals surface area contributed by atoms with Crippen LogP contribution in [0.4, 0.5) is 5.69 Å². The van der Waals surface area contributed by atoms with Crippen LogP contribution in [0, 0.1) is 6.92 Å². The van der Waals surface area contributed by atoms with Crippen LogP contribution in [0.5, 0.6) is 0 Å². The van der Waals surface area contributed by atoms with E-state index in [1.165, 1.54) is 31.2 Å². The molecule has 32 heavy (non-hydrogen) atoms. The van der Waals surface area contributed by atoms with Crippen molar-refractivity contribution in [1.29, 1.82) is 0 Å². The fraction of sp³-hybridized carbons (Fsp3) is 0.227. The molecule has 0 saturated carbocycles. The van der Waals surface area contributed by atoms with Gasteiger partial charge in [0.1, 0.15) is 11.8 Å². The molecule has 3 rings (SSSR count). The minimum Gasteiger partial charge on any atom is -0.461 e. The summed E-state index contributed by atoms with van der Waals surface area (Å²) in [7, 11) is -3.80. The Morgan fingerprint density at radius 3 is 2.50 bits per heavy atom. The van der Waals surface area contributed by atoms with E-state index >= 15 is 0 Å². The average Bonchev–Trinajstić information content (AvgIpc) is 2.72. The van der Waals surface area contributed by atoms with Gasteiger partial charge in [0, 0.05) is 30.1 Å². The van der Waals surface area contributed by atoms with E-state index in [0.29, 0.717) is 11.3 Å². The molecule has 0 radical (unpaired) electrons. The summed E-state index contributed by atoms with van der Waals surface area (Å²) < 4.78 is 32.3. The number of pyridine rings is 1. The van der Waals surface area contributed by atoms with E-state index in [-0.39, 0.29) is 35.5 Å². The van der Waals surface area contributed by atoms with Gasteiger partial charge in [-0.25, -0.2) is 18.1 Å². The summed E-state index contributed by atoms with van der Waals surface area (Å²) in [6, 6.07) is 13.3. The average molecular weight is 476 g/mol. The number of esters is 1. The maximum Gasteiger partial charge on any atom is 0.307 e. The highest BCUT2D eigenvalue weighted by atomic mass is 35.5. The quantitative estimate of drug-likeness (QED) is 0.380. The van der Waals surface area contributed by atoms with E-state index in [2.05, 4.69) is 15.0 Å². The highest BCUT2D eigenvalue weighted by molar-refractivity contribution is 7.89. The number of fused-ring (bicyclic) bond motifs is 1. The van der Waals surface area contributed by atoms with Gasteiger partial charge in [-0.05, 0) is 48.9 Å². The number of amides is 1. The van der Waals surface area contributed by atoms with Gasteiger partial charge in [0.05, 0.1) is 16.8 Å². The number of ether oxygens (including phenoxy) is 1. The number of rotatable bonds is 8. The van der Waals surface area contributed by atoms with Gasteiger partial charge < -0.3 is 10.1 Å². The minimum absolute atomic E-state index is 0.0178. The highest BCUT2D eigenvalue weighted by Crippen LogP contribution is 2.22. The van der Waals surface area contributed by atoms with Crippen molar-refractivity contribution >= 4 is 50.1 Å². The van der Waals surface area contributed by atoms with Crippen LogP contribution >= 0.6 is 11.6 Å². The fourth-order valence-electron chi connectivity index (χ4n) is 2.92. The van der Waals surface area contributed by atoms with Crippen molar-refractivity contribution in [3.8, 4) is 0 Å². The summed E-state index contributed by atoms with van der Waals surface area (Å²) in [6.07, 6.45) is -0.152. The van der Waals surface area contributed by atoms with E-state index in [4.69, 9.17) is 16.3 Å². The van der Waals surface area contributed by atoms with Crippen molar-refractivity contribution in [2.45, 2.75) is 31.8 Å². The molecule has 2 N–H and O–H groups in total. The zero-order chi connectivity index (χ0) is 23.3. The lowest BCUT2D eigenvalue weighted by molar-refractivity contribution is -0.144. The lowest BCUT2D eigenvalue weighted by Crippen LogP contribution is -2.26. The third kappa shape index (κ3) is 6.25. The molecule has 3 aromatic rings. The molecule has 10 heteroatoms. The Kier molecular flexibility index (Phi) is 7.44. The summed E-state index contributed by atoms with van der Waals surface area (Å²) in [6.45, 7) is 3.12. The van der Waals surface area contributed by atoms with Crippen molar-refractivity contribution in [3.63, 3.8) is 0 Å². The normalized spacial score (nSPS) is 11.3. The third-order valence-electron chi connectivity index (χ3n) is 4.49. The number of aromatic nitrogens is 1. The second-order valence-corrected chi connectivity index (χ2v) is 9.27. The molecule has 0 saturated heterocycles. The molecule has 0 aliphatic rings. The van der Waals surface area contributed by atoms with Crippen LogP contribution in [0.15, 0.2) is 53.4 Å². The number of benzene rings is 2. The summed E-state index contributed by atoms with van der Waals surface area (Å²) in [4.78, 5) is 27.4. The molecule has 1 aromatic heterocycles. The van der Waals surface area contributed by atoms with Gasteiger partial charge in [-0.2, -0.15) is 0 Å². The summed E-state index contributed by atoms with van der Waals surface area (Å²) in [5.74, 6) is -0.832. The number of hydrogen-bond acceptors (Lipinski definition) is 6. The topological polar surface area (TPSA) is 114 Å². The van der Waals surface area contributed by atoms with E-state index in [1.807, 2.05) is 31.2 Å². The van der Waals surface area contributed by atoms with Crippen LogP contribution in [0.25, 0.3) is 10.9 Å². The lowest BCUT2D eigenvalue weighted by Gasteiger charge is -2.09. The number of hydrogen-bond donors (Lipinski definition) is 2. The van der Waals surface area contributed by atoms with Crippen LogP contribution in [0.2, 0.25) is 5.15 Å². The first-order chi connectivity index (χ1) is 15.1. The summed E-state index contributed by atoms with van der Waals surface area (Å²) >= 11 is 6.19. The van der Waals surface area contributed by atoms with Crippen molar-refractivity contribution in [2.24, 2.45) is 0 Å². The molecule has 2 aromatic carbocycles. The molecule has 0 aliphatic carbocycles. The molecule has 0 spiro atoms. The number of sulfonamides is 1. The van der Waals surface area contributed by atoms with Gasteiger partial charge in [0.15, 0.2) is 0 Å². The van der Waals surface area contributed by atoms with Crippen molar-refractivity contribution in [3.05, 3.63) is 64.8 Å². The smallest absolute Gasteiger partial charge is 0.307 e. The Balaban J connectivity index is 1.51. The number of carbonyl (C=O) groups excluding carboxylic acids is 2. The van der Waals surface area contributed by atoms with Gasteiger partial charge in [-0.1, -0.05) is 23.7 Å². The molecule has 0 aliphatic heterocycles. The van der Waals surface area contributed by atoms with E-state index in [0.717, 1.165) is 16.5 Å². The van der Waals surface area contributed by atoms with Gasteiger partial charge >= 0.3 is 5.97 Å². The Labute approximate surface area is 191 Å².